The van der Waals surface area contributed by atoms with E-state index in [0.717, 1.165) is 17.7 Å². The van der Waals surface area contributed by atoms with Crippen molar-refractivity contribution in [2.75, 3.05) is 0 Å². The summed E-state index contributed by atoms with van der Waals surface area (Å²) in [6.45, 7) is 7.95. The largest absolute Gasteiger partial charge is 0.481 e. The van der Waals surface area contributed by atoms with E-state index in [9.17, 15) is 9.59 Å². The molecule has 0 spiro atoms. The third kappa shape index (κ3) is 4.63. The minimum Gasteiger partial charge on any atom is -0.481 e. The number of hydrogen-bond donors (Lipinski definition) is 2. The number of carbonyl (C=O) groups is 2. The van der Waals surface area contributed by atoms with Crippen molar-refractivity contribution in [3.63, 3.8) is 0 Å². The summed E-state index contributed by atoms with van der Waals surface area (Å²) >= 11 is 1.48. The third-order valence-corrected chi connectivity index (χ3v) is 4.37. The van der Waals surface area contributed by atoms with E-state index in [1.165, 1.54) is 16.9 Å². The van der Waals surface area contributed by atoms with E-state index in [4.69, 9.17) is 5.11 Å². The zero-order chi connectivity index (χ0) is 15.3. The number of amides is 1. The van der Waals surface area contributed by atoms with Gasteiger partial charge in [-0.1, -0.05) is 27.2 Å². The van der Waals surface area contributed by atoms with Crippen molar-refractivity contribution >= 4 is 23.2 Å². The summed E-state index contributed by atoms with van der Waals surface area (Å²) in [5.74, 6) is -0.968. The van der Waals surface area contributed by atoms with E-state index in [1.807, 2.05) is 26.8 Å². The Labute approximate surface area is 124 Å². The molecule has 2 N–H and O–H groups in total. The molecule has 1 unspecified atom stereocenters. The topological polar surface area (TPSA) is 66.4 Å². The second kappa shape index (κ2) is 7.43. The smallest absolute Gasteiger partial charge is 0.305 e. The molecule has 0 radical (unpaired) electrons. The van der Waals surface area contributed by atoms with Gasteiger partial charge in [0.1, 0.15) is 0 Å². The molecule has 5 heteroatoms. The molecule has 112 valence electrons. The van der Waals surface area contributed by atoms with Crippen LogP contribution in [-0.4, -0.2) is 23.0 Å². The first kappa shape index (κ1) is 16.7. The number of aryl methyl sites for hydroxylation is 2. The Bertz CT molecular complexity index is 479. The molecule has 1 aromatic heterocycles. The highest BCUT2D eigenvalue weighted by molar-refractivity contribution is 7.14. The lowest BCUT2D eigenvalue weighted by atomic mass is 10.0. The van der Waals surface area contributed by atoms with Gasteiger partial charge in [-0.05, 0) is 30.9 Å². The van der Waals surface area contributed by atoms with Gasteiger partial charge in [0.25, 0.3) is 5.91 Å². The van der Waals surface area contributed by atoms with Crippen molar-refractivity contribution in [2.24, 2.45) is 5.92 Å². The van der Waals surface area contributed by atoms with Crippen molar-refractivity contribution in [2.45, 2.75) is 53.0 Å². The van der Waals surface area contributed by atoms with Crippen LogP contribution in [0.2, 0.25) is 0 Å². The van der Waals surface area contributed by atoms with E-state index in [0.29, 0.717) is 4.88 Å². The molecular weight excluding hydrogens is 274 g/mol. The van der Waals surface area contributed by atoms with Crippen LogP contribution in [0.5, 0.6) is 0 Å². The molecule has 0 aromatic carbocycles. The first-order valence-corrected chi connectivity index (χ1v) is 7.78. The van der Waals surface area contributed by atoms with Crippen LogP contribution >= 0.6 is 11.3 Å². The average molecular weight is 297 g/mol. The molecule has 20 heavy (non-hydrogen) atoms. The van der Waals surface area contributed by atoms with Crippen LogP contribution in [0, 0.1) is 12.8 Å². The minimum absolute atomic E-state index is 0.0461. The van der Waals surface area contributed by atoms with Crippen LogP contribution in [0.3, 0.4) is 0 Å². The summed E-state index contributed by atoms with van der Waals surface area (Å²) in [6.07, 6.45) is 1.97. The van der Waals surface area contributed by atoms with E-state index >= 15 is 0 Å². The number of rotatable bonds is 7. The van der Waals surface area contributed by atoms with E-state index in [-0.39, 0.29) is 24.3 Å². The SMILES string of the molecule is CCCc1cc(C(=O)NC(CC(=O)O)C(C)C)sc1C. The quantitative estimate of drug-likeness (QED) is 0.812. The molecule has 1 amide bonds. The fourth-order valence-corrected chi connectivity index (χ4v) is 3.01. The molecule has 0 saturated heterocycles. The van der Waals surface area contributed by atoms with Gasteiger partial charge in [0.15, 0.2) is 0 Å². The highest BCUT2D eigenvalue weighted by Gasteiger charge is 2.21. The van der Waals surface area contributed by atoms with E-state index in [1.54, 1.807) is 0 Å². The zero-order valence-electron chi connectivity index (χ0n) is 12.5. The molecule has 1 rings (SSSR count). The molecular formula is C15H23NO3S. The van der Waals surface area contributed by atoms with Crippen molar-refractivity contribution < 1.29 is 14.7 Å². The maximum Gasteiger partial charge on any atom is 0.305 e. The van der Waals surface area contributed by atoms with Crippen LogP contribution in [0.1, 0.15) is 53.7 Å². The maximum absolute atomic E-state index is 12.2. The standard InChI is InChI=1S/C15H23NO3S/c1-5-6-11-7-13(20-10(11)4)15(19)16-12(9(2)3)8-14(17)18/h7,9,12H,5-6,8H2,1-4H3,(H,16,19)(H,17,18). The van der Waals surface area contributed by atoms with Gasteiger partial charge in [0.2, 0.25) is 0 Å². The van der Waals surface area contributed by atoms with Gasteiger partial charge < -0.3 is 10.4 Å². The first-order chi connectivity index (χ1) is 9.35. The number of aliphatic carboxylic acids is 1. The second-order valence-electron chi connectivity index (χ2n) is 5.36. The van der Waals surface area contributed by atoms with Crippen molar-refractivity contribution in [3.05, 3.63) is 21.4 Å². The Kier molecular flexibility index (Phi) is 6.20. The summed E-state index contributed by atoms with van der Waals surface area (Å²) in [4.78, 5) is 24.9. The number of carbonyl (C=O) groups excluding carboxylic acids is 1. The summed E-state index contributed by atoms with van der Waals surface area (Å²) in [6, 6.07) is 1.59. The molecule has 0 bridgehead atoms. The van der Waals surface area contributed by atoms with Gasteiger partial charge in [-0.3, -0.25) is 9.59 Å². The highest BCUT2D eigenvalue weighted by atomic mass is 32.1. The molecule has 0 saturated carbocycles. The van der Waals surface area contributed by atoms with Crippen LogP contribution in [0.15, 0.2) is 6.07 Å². The van der Waals surface area contributed by atoms with E-state index in [2.05, 4.69) is 12.2 Å². The van der Waals surface area contributed by atoms with Crippen LogP contribution in [0.4, 0.5) is 0 Å². The maximum atomic E-state index is 12.2. The van der Waals surface area contributed by atoms with Gasteiger partial charge in [-0.15, -0.1) is 11.3 Å². The summed E-state index contributed by atoms with van der Waals surface area (Å²) in [7, 11) is 0. The molecule has 0 fully saturated rings. The molecule has 0 aliphatic heterocycles. The Morgan fingerprint density at radius 1 is 1.40 bits per heavy atom. The lowest BCUT2D eigenvalue weighted by Gasteiger charge is -2.20. The number of hydrogen-bond acceptors (Lipinski definition) is 3. The van der Waals surface area contributed by atoms with Crippen LogP contribution < -0.4 is 5.32 Å². The monoisotopic (exact) mass is 297 g/mol. The van der Waals surface area contributed by atoms with Crippen molar-refractivity contribution in [3.8, 4) is 0 Å². The lowest BCUT2D eigenvalue weighted by Crippen LogP contribution is -2.39. The average Bonchev–Trinajstić information content (AvgIpc) is 2.70. The molecule has 1 heterocycles. The first-order valence-electron chi connectivity index (χ1n) is 6.97. The summed E-state index contributed by atoms with van der Waals surface area (Å²) in [5.41, 5.74) is 1.21. The lowest BCUT2D eigenvalue weighted by molar-refractivity contribution is -0.137. The molecule has 1 aromatic rings. The Morgan fingerprint density at radius 2 is 2.05 bits per heavy atom. The predicted octanol–water partition coefficient (Wildman–Crippen LogP) is 3.24. The van der Waals surface area contributed by atoms with Gasteiger partial charge in [0, 0.05) is 10.9 Å². The number of carboxylic acid groups (broad SMARTS) is 1. The normalized spacial score (nSPS) is 12.4. The number of carboxylic acids is 1. The van der Waals surface area contributed by atoms with Gasteiger partial charge in [-0.25, -0.2) is 0 Å². The summed E-state index contributed by atoms with van der Waals surface area (Å²) in [5, 5.41) is 11.7. The Morgan fingerprint density at radius 3 is 2.55 bits per heavy atom. The Hall–Kier alpha value is -1.36. The fraction of sp³-hybridized carbons (Fsp3) is 0.600. The van der Waals surface area contributed by atoms with Gasteiger partial charge >= 0.3 is 5.97 Å². The van der Waals surface area contributed by atoms with Gasteiger partial charge in [-0.2, -0.15) is 0 Å². The van der Waals surface area contributed by atoms with Crippen LogP contribution in [0.25, 0.3) is 0 Å². The molecule has 0 aliphatic carbocycles. The second-order valence-corrected chi connectivity index (χ2v) is 6.62. The Balaban J connectivity index is 2.78. The molecule has 0 aliphatic rings. The van der Waals surface area contributed by atoms with Crippen molar-refractivity contribution in [1.82, 2.24) is 5.32 Å². The number of thiophene rings is 1. The fourth-order valence-electron chi connectivity index (χ4n) is 2.03. The number of nitrogens with one attached hydrogen (secondary N) is 1. The highest BCUT2D eigenvalue weighted by Crippen LogP contribution is 2.23. The zero-order valence-corrected chi connectivity index (χ0v) is 13.3. The third-order valence-electron chi connectivity index (χ3n) is 3.28. The predicted molar refractivity (Wildman–Crippen MR) is 81.4 cm³/mol. The van der Waals surface area contributed by atoms with Gasteiger partial charge in [0.05, 0.1) is 11.3 Å². The van der Waals surface area contributed by atoms with Crippen molar-refractivity contribution in [1.29, 1.82) is 0 Å². The summed E-state index contributed by atoms with van der Waals surface area (Å²) < 4.78 is 0. The van der Waals surface area contributed by atoms with E-state index < -0.39 is 5.97 Å². The van der Waals surface area contributed by atoms with Crippen LogP contribution in [-0.2, 0) is 11.2 Å². The minimum atomic E-state index is -0.891. The molecule has 1 atom stereocenters. The molecule has 4 nitrogen and oxygen atoms in total.